The van der Waals surface area contributed by atoms with Crippen LogP contribution in [0.1, 0.15) is 19.1 Å². The van der Waals surface area contributed by atoms with Crippen LogP contribution in [0.15, 0.2) is 21.9 Å². The van der Waals surface area contributed by atoms with Crippen molar-refractivity contribution in [2.75, 3.05) is 6.61 Å². The monoisotopic (exact) mass is 480 g/mol. The van der Waals surface area contributed by atoms with E-state index in [1.54, 1.807) is 0 Å². The van der Waals surface area contributed by atoms with E-state index in [1.807, 2.05) is 4.98 Å². The zero-order valence-corrected chi connectivity index (χ0v) is 16.8. The first-order valence-electron chi connectivity index (χ1n) is 7.53. The summed E-state index contributed by atoms with van der Waals surface area (Å²) in [6.45, 7) is -0.691. The maximum Gasteiger partial charge on any atom is 0.444 e. The Labute approximate surface area is 161 Å². The van der Waals surface area contributed by atoms with Gasteiger partial charge in [0, 0.05) is 12.3 Å². The predicted octanol–water partition coefficient (Wildman–Crippen LogP) is 0.437. The molecule has 0 spiro atoms. The Kier molecular flexibility index (Phi) is 6.96. The van der Waals surface area contributed by atoms with Gasteiger partial charge in [0.2, 0.25) is 7.57 Å². The maximum absolute atomic E-state index is 13.4. The van der Waals surface area contributed by atoms with Gasteiger partial charge in [-0.1, -0.05) is 0 Å². The molecule has 19 heteroatoms. The highest BCUT2D eigenvalue weighted by molar-refractivity contribution is 7.86. The van der Waals surface area contributed by atoms with Crippen molar-refractivity contribution in [3.8, 4) is 0 Å². The molecule has 4 N–H and O–H groups in total. The van der Waals surface area contributed by atoms with Crippen LogP contribution in [0.25, 0.3) is 0 Å². The summed E-state index contributed by atoms with van der Waals surface area (Å²) in [7, 11) is -13.2. The Morgan fingerprint density at radius 1 is 1.28 bits per heavy atom. The summed E-state index contributed by atoms with van der Waals surface area (Å²) in [6.07, 6.45) is -0.178. The number of aromatic amines is 1. The van der Waals surface area contributed by atoms with Crippen molar-refractivity contribution in [2.45, 2.75) is 30.6 Å². The van der Waals surface area contributed by atoms with E-state index in [4.69, 9.17) is 27.0 Å². The summed E-state index contributed by atoms with van der Waals surface area (Å²) < 4.78 is 75.3. The van der Waals surface area contributed by atoms with Gasteiger partial charge < -0.3 is 23.9 Å². The molecule has 1 aromatic rings. The maximum atomic E-state index is 13.4. The topological polar surface area (TPSA) is 194 Å². The quantitative estimate of drug-likeness (QED) is 0.298. The number of hydrogen-bond acceptors (Lipinski definition) is 8. The van der Waals surface area contributed by atoms with Crippen LogP contribution in [0.4, 0.5) is 8.78 Å². The summed E-state index contributed by atoms with van der Waals surface area (Å²) in [6, 6.07) is 1.07. The summed E-state index contributed by atoms with van der Waals surface area (Å²) in [4.78, 5) is 50.8. The van der Waals surface area contributed by atoms with Crippen molar-refractivity contribution < 1.29 is 50.7 Å². The van der Waals surface area contributed by atoms with E-state index in [2.05, 4.69) is 8.83 Å². The fraction of sp³-hybridized carbons (Fsp3) is 0.600. The second-order valence-corrected chi connectivity index (χ2v) is 11.4. The van der Waals surface area contributed by atoms with Crippen LogP contribution in [0, 0.1) is 0 Å². The molecular formula is C10H14BF2N2O11P3. The van der Waals surface area contributed by atoms with E-state index in [1.165, 1.54) is 0 Å². The third-order valence-electron chi connectivity index (χ3n) is 3.60. The van der Waals surface area contributed by atoms with Crippen molar-refractivity contribution in [3.63, 3.8) is 0 Å². The van der Waals surface area contributed by atoms with E-state index >= 15 is 0 Å². The van der Waals surface area contributed by atoms with Gasteiger partial charge in [0.1, 0.15) is 6.23 Å². The highest BCUT2D eigenvalue weighted by atomic mass is 31.3. The number of nitrogens with one attached hydrogen (secondary N) is 1. The first-order chi connectivity index (χ1) is 13.1. The molecule has 0 aromatic carbocycles. The predicted molar refractivity (Wildman–Crippen MR) is 91.7 cm³/mol. The van der Waals surface area contributed by atoms with Crippen LogP contribution in [-0.2, 0) is 27.3 Å². The summed E-state index contributed by atoms with van der Waals surface area (Å²) in [5.41, 5.74) is -1.40. The Morgan fingerprint density at radius 3 is 2.45 bits per heavy atom. The molecule has 0 bridgehead atoms. The van der Waals surface area contributed by atoms with Crippen molar-refractivity contribution in [1.82, 2.24) is 9.55 Å². The molecule has 2 heterocycles. The fourth-order valence-corrected chi connectivity index (χ4v) is 6.08. The molecule has 1 fully saturated rings. The van der Waals surface area contributed by atoms with Crippen molar-refractivity contribution in [3.05, 3.63) is 33.1 Å². The van der Waals surface area contributed by atoms with Gasteiger partial charge in [0.25, 0.3) is 13.0 Å². The van der Waals surface area contributed by atoms with Gasteiger partial charge in [-0.15, -0.1) is 0 Å². The number of halogens is 2. The summed E-state index contributed by atoms with van der Waals surface area (Å²) in [5.74, 6) is 0. The molecule has 1 aliphatic heterocycles. The Hall–Kier alpha value is -0.945. The average molecular weight is 480 g/mol. The summed E-state index contributed by atoms with van der Waals surface area (Å²) in [5, 5.41) is -5.57. The minimum Gasteiger partial charge on any atom is -0.352 e. The second-order valence-electron chi connectivity index (χ2n) is 5.80. The Morgan fingerprint density at radius 2 is 1.90 bits per heavy atom. The van der Waals surface area contributed by atoms with E-state index in [0.29, 0.717) is 0 Å². The molecule has 162 valence electrons. The molecule has 29 heavy (non-hydrogen) atoms. The van der Waals surface area contributed by atoms with E-state index in [0.717, 1.165) is 16.8 Å². The van der Waals surface area contributed by atoms with Gasteiger partial charge >= 0.3 is 26.3 Å². The van der Waals surface area contributed by atoms with E-state index < -0.39 is 58.3 Å². The second kappa shape index (κ2) is 8.29. The average Bonchev–Trinajstić information content (AvgIpc) is 2.99. The van der Waals surface area contributed by atoms with Gasteiger partial charge in [0.15, 0.2) is 0 Å². The molecule has 0 amide bonds. The first-order valence-corrected chi connectivity index (χ1v) is 12.3. The molecule has 0 aliphatic carbocycles. The number of ether oxygens (including phenoxy) is 1. The highest BCUT2D eigenvalue weighted by Crippen LogP contribution is 2.77. The third kappa shape index (κ3) is 5.60. The van der Waals surface area contributed by atoms with Gasteiger partial charge in [-0.05, 0) is 12.8 Å². The van der Waals surface area contributed by atoms with Crippen LogP contribution >= 0.6 is 22.7 Å². The Balaban J connectivity index is 2.00. The van der Waals surface area contributed by atoms with Gasteiger partial charge in [-0.2, -0.15) is 8.78 Å². The third-order valence-corrected chi connectivity index (χ3v) is 8.83. The van der Waals surface area contributed by atoms with E-state index in [9.17, 15) is 32.1 Å². The molecule has 1 saturated heterocycles. The molecule has 1 aliphatic rings. The molecule has 0 saturated carbocycles. The number of H-pyrrole nitrogens is 1. The first kappa shape index (κ1) is 24.3. The number of alkyl halides is 2. The SMILES string of the molecule is [B]P(=O)(OC[C@@H]1CC[C@H](n2ccc(=O)[nH]c2=O)O1)OP(=O)(O)C(F)(F)P(=O)(O)O. The minimum atomic E-state index is -6.50. The molecular weight excluding hydrogens is 466 g/mol. The number of aromatic nitrogens is 2. The van der Waals surface area contributed by atoms with Crippen molar-refractivity contribution >= 4 is 30.2 Å². The lowest BCUT2D eigenvalue weighted by Gasteiger charge is -2.25. The smallest absolute Gasteiger partial charge is 0.352 e. The molecule has 2 rings (SSSR count). The zero-order valence-electron chi connectivity index (χ0n) is 14.2. The lowest BCUT2D eigenvalue weighted by Crippen LogP contribution is -2.31. The van der Waals surface area contributed by atoms with E-state index in [-0.39, 0.29) is 12.8 Å². The van der Waals surface area contributed by atoms with Crippen LogP contribution < -0.4 is 11.2 Å². The highest BCUT2D eigenvalue weighted by Gasteiger charge is 2.66. The lowest BCUT2D eigenvalue weighted by molar-refractivity contribution is -0.0208. The van der Waals surface area contributed by atoms with Crippen molar-refractivity contribution in [2.24, 2.45) is 0 Å². The largest absolute Gasteiger partial charge is 0.444 e. The van der Waals surface area contributed by atoms with Crippen LogP contribution in [-0.4, -0.2) is 49.9 Å². The number of hydrogen-bond donors (Lipinski definition) is 4. The fourth-order valence-electron chi connectivity index (χ4n) is 2.25. The molecule has 2 unspecified atom stereocenters. The van der Waals surface area contributed by atoms with Crippen LogP contribution in [0.2, 0.25) is 0 Å². The number of nitrogens with zero attached hydrogens (tertiary/aromatic N) is 1. The van der Waals surface area contributed by atoms with Crippen LogP contribution in [0.3, 0.4) is 0 Å². The normalized spacial score (nSPS) is 24.7. The lowest BCUT2D eigenvalue weighted by atomic mass is 10.2. The van der Waals surface area contributed by atoms with Gasteiger partial charge in [-0.25, -0.2) is 9.11 Å². The summed E-state index contributed by atoms with van der Waals surface area (Å²) >= 11 is 0. The molecule has 13 nitrogen and oxygen atoms in total. The number of rotatable bonds is 8. The van der Waals surface area contributed by atoms with Crippen molar-refractivity contribution in [1.29, 1.82) is 0 Å². The molecule has 1 aromatic heterocycles. The van der Waals surface area contributed by atoms with Gasteiger partial charge in [-0.3, -0.25) is 28.0 Å². The molecule has 4 atom stereocenters. The standard InChI is InChI=1S/C10H14BF2N2O11P3/c11-29(23,26-28(21,22)10(12,13)27(18,19)20)24-5-6-1-2-8(25-6)15-4-3-7(16)14-9(15)17/h3-4,6,8H,1-2,5H2,(H,21,22)(H,14,16,17)(H2,18,19,20)/t6-,8+,29?/m0/s1. The molecule has 2 radical (unpaired) electrons. The Bertz CT molecular complexity index is 1020. The van der Waals surface area contributed by atoms with Crippen LogP contribution in [0.5, 0.6) is 0 Å². The minimum absolute atomic E-state index is 0.186. The zero-order chi connectivity index (χ0) is 22.3. The van der Waals surface area contributed by atoms with Gasteiger partial charge in [0.05, 0.1) is 12.7 Å².